The molecule has 0 aliphatic carbocycles. The summed E-state index contributed by atoms with van der Waals surface area (Å²) in [6.07, 6.45) is 5.52. The van der Waals surface area contributed by atoms with E-state index in [4.69, 9.17) is 5.73 Å². The molecule has 0 bridgehead atoms. The van der Waals surface area contributed by atoms with Gasteiger partial charge in [-0.25, -0.2) is 0 Å². The second-order valence-electron chi connectivity index (χ2n) is 5.01. The first-order valence-corrected chi connectivity index (χ1v) is 6.39. The number of hydrogen-bond donors (Lipinski definition) is 1. The van der Waals surface area contributed by atoms with Crippen molar-refractivity contribution in [2.75, 3.05) is 0 Å². The Kier molecular flexibility index (Phi) is 3.78. The van der Waals surface area contributed by atoms with Gasteiger partial charge in [0.15, 0.2) is 0 Å². The van der Waals surface area contributed by atoms with Crippen LogP contribution in [0.3, 0.4) is 0 Å². The van der Waals surface area contributed by atoms with Gasteiger partial charge in [0.1, 0.15) is 0 Å². The molecule has 2 aromatic rings. The van der Waals surface area contributed by atoms with Crippen molar-refractivity contribution >= 4 is 0 Å². The van der Waals surface area contributed by atoms with Crippen LogP contribution >= 0.6 is 0 Å². The molecule has 2 nitrogen and oxygen atoms in total. The van der Waals surface area contributed by atoms with Crippen LogP contribution in [0.15, 0.2) is 48.8 Å². The van der Waals surface area contributed by atoms with Crippen LogP contribution in [-0.4, -0.2) is 4.98 Å². The summed E-state index contributed by atoms with van der Waals surface area (Å²) in [4.78, 5) is 4.13. The molecule has 0 aliphatic heterocycles. The largest absolute Gasteiger partial charge is 0.321 e. The number of benzene rings is 1. The van der Waals surface area contributed by atoms with E-state index in [2.05, 4.69) is 49.2 Å². The molecule has 0 amide bonds. The second-order valence-corrected chi connectivity index (χ2v) is 5.01. The van der Waals surface area contributed by atoms with Crippen molar-refractivity contribution < 1.29 is 0 Å². The average Bonchev–Trinajstić information content (AvgIpc) is 2.39. The number of aromatic nitrogens is 1. The fourth-order valence-electron chi connectivity index (χ4n) is 2.15. The lowest BCUT2D eigenvalue weighted by Crippen LogP contribution is -2.35. The fraction of sp³-hybridized carbons (Fsp3) is 0.312. The Morgan fingerprint density at radius 2 is 1.83 bits per heavy atom. The molecule has 1 atom stereocenters. The van der Waals surface area contributed by atoms with Crippen molar-refractivity contribution in [1.82, 2.24) is 4.98 Å². The van der Waals surface area contributed by atoms with Gasteiger partial charge in [0.2, 0.25) is 0 Å². The summed E-state index contributed by atoms with van der Waals surface area (Å²) >= 11 is 0. The smallest absolute Gasteiger partial charge is 0.0422 e. The molecule has 0 saturated heterocycles. The number of nitrogens with two attached hydrogens (primary N) is 1. The van der Waals surface area contributed by atoms with Gasteiger partial charge in [-0.15, -0.1) is 0 Å². The SMILES string of the molecule is CCc1ccc(C(C)(N)Cc2cccnc2)cc1. The molecule has 0 radical (unpaired) electrons. The molecule has 0 spiro atoms. The van der Waals surface area contributed by atoms with Gasteiger partial charge < -0.3 is 5.73 Å². The summed E-state index contributed by atoms with van der Waals surface area (Å²) in [5.41, 5.74) is 9.76. The maximum absolute atomic E-state index is 6.43. The number of pyridine rings is 1. The van der Waals surface area contributed by atoms with Crippen LogP contribution in [0.5, 0.6) is 0 Å². The Morgan fingerprint density at radius 1 is 1.11 bits per heavy atom. The third-order valence-corrected chi connectivity index (χ3v) is 3.32. The predicted molar refractivity (Wildman–Crippen MR) is 75.3 cm³/mol. The highest BCUT2D eigenvalue weighted by Gasteiger charge is 2.21. The zero-order chi connectivity index (χ0) is 13.0. The van der Waals surface area contributed by atoms with Crippen molar-refractivity contribution in [1.29, 1.82) is 0 Å². The van der Waals surface area contributed by atoms with E-state index in [1.165, 1.54) is 16.7 Å². The molecular formula is C16H20N2. The lowest BCUT2D eigenvalue weighted by atomic mass is 9.86. The van der Waals surface area contributed by atoms with E-state index < -0.39 is 0 Å². The van der Waals surface area contributed by atoms with Crippen LogP contribution in [0.4, 0.5) is 0 Å². The van der Waals surface area contributed by atoms with Gasteiger partial charge in [-0.05, 0) is 42.5 Å². The highest BCUT2D eigenvalue weighted by molar-refractivity contribution is 5.29. The standard InChI is InChI=1S/C16H20N2/c1-3-13-6-8-15(9-7-13)16(2,17)11-14-5-4-10-18-12-14/h4-10,12H,3,11,17H2,1-2H3. The first-order valence-electron chi connectivity index (χ1n) is 6.39. The third-order valence-electron chi connectivity index (χ3n) is 3.32. The summed E-state index contributed by atoms with van der Waals surface area (Å²) in [5.74, 6) is 0. The van der Waals surface area contributed by atoms with Crippen molar-refractivity contribution in [3.63, 3.8) is 0 Å². The topological polar surface area (TPSA) is 38.9 Å². The number of nitrogens with zero attached hydrogens (tertiary/aromatic N) is 1. The first-order chi connectivity index (χ1) is 8.62. The number of rotatable bonds is 4. The minimum absolute atomic E-state index is 0.352. The van der Waals surface area contributed by atoms with E-state index in [0.29, 0.717) is 0 Å². The molecule has 2 heteroatoms. The average molecular weight is 240 g/mol. The maximum atomic E-state index is 6.43. The molecule has 0 saturated carbocycles. The molecular weight excluding hydrogens is 220 g/mol. The van der Waals surface area contributed by atoms with E-state index in [9.17, 15) is 0 Å². The van der Waals surface area contributed by atoms with Crippen LogP contribution in [0.1, 0.15) is 30.5 Å². The fourth-order valence-corrected chi connectivity index (χ4v) is 2.15. The Hall–Kier alpha value is -1.67. The normalized spacial score (nSPS) is 14.2. The van der Waals surface area contributed by atoms with Gasteiger partial charge in [-0.3, -0.25) is 4.98 Å². The van der Waals surface area contributed by atoms with Gasteiger partial charge in [-0.2, -0.15) is 0 Å². The third kappa shape index (κ3) is 2.96. The van der Waals surface area contributed by atoms with Crippen molar-refractivity contribution in [2.24, 2.45) is 5.73 Å². The van der Waals surface area contributed by atoms with Gasteiger partial charge in [-0.1, -0.05) is 37.3 Å². The van der Waals surface area contributed by atoms with Gasteiger partial charge in [0.05, 0.1) is 0 Å². The Labute approximate surface area is 109 Å². The summed E-state index contributed by atoms with van der Waals surface area (Å²) < 4.78 is 0. The zero-order valence-corrected chi connectivity index (χ0v) is 11.1. The van der Waals surface area contributed by atoms with E-state index in [1.807, 2.05) is 12.3 Å². The lowest BCUT2D eigenvalue weighted by Gasteiger charge is -2.25. The lowest BCUT2D eigenvalue weighted by molar-refractivity contribution is 0.490. The van der Waals surface area contributed by atoms with E-state index in [0.717, 1.165) is 12.8 Å². The Balaban J connectivity index is 2.19. The Bertz CT molecular complexity index is 486. The molecule has 1 aromatic heterocycles. The van der Waals surface area contributed by atoms with E-state index in [-0.39, 0.29) is 5.54 Å². The van der Waals surface area contributed by atoms with Crippen LogP contribution in [-0.2, 0) is 18.4 Å². The Morgan fingerprint density at radius 3 is 2.39 bits per heavy atom. The maximum Gasteiger partial charge on any atom is 0.0422 e. The van der Waals surface area contributed by atoms with Crippen LogP contribution < -0.4 is 5.73 Å². The van der Waals surface area contributed by atoms with Gasteiger partial charge >= 0.3 is 0 Å². The minimum Gasteiger partial charge on any atom is -0.321 e. The van der Waals surface area contributed by atoms with Crippen molar-refractivity contribution in [3.8, 4) is 0 Å². The summed E-state index contributed by atoms with van der Waals surface area (Å²) in [7, 11) is 0. The van der Waals surface area contributed by atoms with E-state index >= 15 is 0 Å². The van der Waals surface area contributed by atoms with Gasteiger partial charge in [0.25, 0.3) is 0 Å². The molecule has 94 valence electrons. The van der Waals surface area contributed by atoms with E-state index in [1.54, 1.807) is 6.20 Å². The van der Waals surface area contributed by atoms with Crippen LogP contribution in [0.25, 0.3) is 0 Å². The highest BCUT2D eigenvalue weighted by Crippen LogP contribution is 2.22. The molecule has 1 aromatic carbocycles. The zero-order valence-electron chi connectivity index (χ0n) is 11.1. The quantitative estimate of drug-likeness (QED) is 0.892. The molecule has 0 fully saturated rings. The molecule has 2 N–H and O–H groups in total. The summed E-state index contributed by atoms with van der Waals surface area (Å²) in [5, 5.41) is 0. The molecule has 1 unspecified atom stereocenters. The predicted octanol–water partition coefficient (Wildman–Crippen LogP) is 3.06. The van der Waals surface area contributed by atoms with Crippen LogP contribution in [0.2, 0.25) is 0 Å². The molecule has 0 aliphatic rings. The summed E-state index contributed by atoms with van der Waals surface area (Å²) in [6.45, 7) is 4.23. The molecule has 1 heterocycles. The molecule has 18 heavy (non-hydrogen) atoms. The van der Waals surface area contributed by atoms with Crippen molar-refractivity contribution in [2.45, 2.75) is 32.2 Å². The molecule has 2 rings (SSSR count). The number of hydrogen-bond acceptors (Lipinski definition) is 2. The summed E-state index contributed by atoms with van der Waals surface area (Å²) in [6, 6.07) is 12.6. The monoisotopic (exact) mass is 240 g/mol. The van der Waals surface area contributed by atoms with Crippen LogP contribution in [0, 0.1) is 0 Å². The highest BCUT2D eigenvalue weighted by atomic mass is 14.7. The minimum atomic E-state index is -0.352. The van der Waals surface area contributed by atoms with Gasteiger partial charge in [0, 0.05) is 17.9 Å². The second kappa shape index (κ2) is 5.32. The van der Waals surface area contributed by atoms with Crippen molar-refractivity contribution in [3.05, 3.63) is 65.5 Å². The first kappa shape index (κ1) is 12.8. The number of aryl methyl sites for hydroxylation is 1.